The van der Waals surface area contributed by atoms with E-state index in [-0.39, 0.29) is 5.41 Å². The first-order valence-corrected chi connectivity index (χ1v) is 7.68. The first-order chi connectivity index (χ1) is 9.75. The third kappa shape index (κ3) is 3.09. The molecule has 5 heteroatoms. The van der Waals surface area contributed by atoms with Gasteiger partial charge in [0.25, 0.3) is 0 Å². The number of nitrogen functional groups attached to an aromatic ring is 1. The molecule has 0 spiro atoms. The second-order valence-electron chi connectivity index (χ2n) is 5.84. The lowest BCUT2D eigenvalue weighted by Gasteiger charge is -2.18. The zero-order chi connectivity index (χ0) is 15.8. The molecular weight excluding hydrogens is 350 g/mol. The second kappa shape index (κ2) is 5.75. The molecule has 1 heterocycles. The number of nitrogens with two attached hydrogens (primary N) is 1. The Bertz CT molecular complexity index is 720. The van der Waals surface area contributed by atoms with E-state index >= 15 is 0 Å². The van der Waals surface area contributed by atoms with Crippen LogP contribution in [0.25, 0.3) is 11.3 Å². The van der Waals surface area contributed by atoms with E-state index in [1.54, 1.807) is 0 Å². The average Bonchev–Trinajstić information content (AvgIpc) is 2.71. The molecule has 2 rings (SSSR count). The lowest BCUT2D eigenvalue weighted by molar-refractivity contribution is 0.517. The van der Waals surface area contributed by atoms with Crippen molar-refractivity contribution in [1.82, 2.24) is 9.55 Å². The van der Waals surface area contributed by atoms with Crippen LogP contribution >= 0.6 is 27.5 Å². The first kappa shape index (κ1) is 15.9. The number of terminal acetylenes is 1. The van der Waals surface area contributed by atoms with E-state index in [2.05, 4.69) is 42.6 Å². The maximum absolute atomic E-state index is 6.26. The van der Waals surface area contributed by atoms with Gasteiger partial charge in [-0.05, 0) is 28.1 Å². The van der Waals surface area contributed by atoms with Crippen LogP contribution in [0.15, 0.2) is 22.7 Å². The molecule has 0 aliphatic heterocycles. The van der Waals surface area contributed by atoms with E-state index in [1.807, 2.05) is 22.8 Å². The Kier molecular flexibility index (Phi) is 4.36. The normalized spacial score (nSPS) is 11.4. The van der Waals surface area contributed by atoms with Crippen LogP contribution in [0.3, 0.4) is 0 Å². The van der Waals surface area contributed by atoms with Gasteiger partial charge in [-0.1, -0.05) is 44.4 Å². The fourth-order valence-electron chi connectivity index (χ4n) is 2.15. The second-order valence-corrected chi connectivity index (χ2v) is 7.10. The summed E-state index contributed by atoms with van der Waals surface area (Å²) in [5.74, 6) is 4.07. The predicted molar refractivity (Wildman–Crippen MR) is 92.3 cm³/mol. The van der Waals surface area contributed by atoms with Crippen LogP contribution in [0, 0.1) is 12.3 Å². The minimum absolute atomic E-state index is 0.150. The highest BCUT2D eigenvalue weighted by molar-refractivity contribution is 9.10. The molecule has 0 bridgehead atoms. The van der Waals surface area contributed by atoms with Crippen molar-refractivity contribution in [3.63, 3.8) is 0 Å². The first-order valence-electron chi connectivity index (χ1n) is 6.51. The van der Waals surface area contributed by atoms with Crippen molar-refractivity contribution in [1.29, 1.82) is 0 Å². The lowest BCUT2D eigenvalue weighted by atomic mass is 9.95. The molecule has 0 aliphatic rings. The Labute approximate surface area is 138 Å². The standard InChI is InChI=1S/C16H17BrClN3/c1-5-8-21-14(19)13(20-15(21)16(2,3)4)10-6-7-11(17)12(18)9-10/h1,6-7,9H,8,19H2,2-4H3. The molecule has 2 N–H and O–H groups in total. The molecule has 21 heavy (non-hydrogen) atoms. The van der Waals surface area contributed by atoms with Crippen LogP contribution in [0.4, 0.5) is 5.82 Å². The Morgan fingerprint density at radius 2 is 2.10 bits per heavy atom. The third-order valence-electron chi connectivity index (χ3n) is 3.12. The van der Waals surface area contributed by atoms with Crippen LogP contribution < -0.4 is 5.73 Å². The third-order valence-corrected chi connectivity index (χ3v) is 4.35. The molecule has 0 amide bonds. The number of hydrogen-bond acceptors (Lipinski definition) is 2. The molecule has 0 saturated heterocycles. The molecule has 0 atom stereocenters. The fraction of sp³-hybridized carbons (Fsp3) is 0.312. The van der Waals surface area contributed by atoms with Gasteiger partial charge in [-0.3, -0.25) is 0 Å². The fourth-order valence-corrected chi connectivity index (χ4v) is 2.57. The zero-order valence-corrected chi connectivity index (χ0v) is 14.6. The Balaban J connectivity index is 2.65. The summed E-state index contributed by atoms with van der Waals surface area (Å²) in [6, 6.07) is 5.66. The minimum atomic E-state index is -0.150. The highest BCUT2D eigenvalue weighted by Gasteiger charge is 2.25. The average molecular weight is 367 g/mol. The number of halogens is 2. The minimum Gasteiger partial charge on any atom is -0.383 e. The van der Waals surface area contributed by atoms with Crippen LogP contribution in [-0.2, 0) is 12.0 Å². The molecule has 1 aromatic carbocycles. The number of rotatable bonds is 2. The molecule has 0 unspecified atom stereocenters. The van der Waals surface area contributed by atoms with Gasteiger partial charge in [0.2, 0.25) is 0 Å². The maximum Gasteiger partial charge on any atom is 0.132 e. The molecule has 0 radical (unpaired) electrons. The van der Waals surface area contributed by atoms with Gasteiger partial charge in [-0.25, -0.2) is 4.98 Å². The number of hydrogen-bond donors (Lipinski definition) is 1. The lowest BCUT2D eigenvalue weighted by Crippen LogP contribution is -2.19. The van der Waals surface area contributed by atoms with Crippen molar-refractivity contribution < 1.29 is 0 Å². The van der Waals surface area contributed by atoms with Crippen molar-refractivity contribution in [2.45, 2.75) is 32.7 Å². The summed E-state index contributed by atoms with van der Waals surface area (Å²) in [6.07, 6.45) is 5.45. The van der Waals surface area contributed by atoms with E-state index in [9.17, 15) is 0 Å². The Hall–Kier alpha value is -1.44. The number of nitrogens with zero attached hydrogens (tertiary/aromatic N) is 2. The molecule has 2 aromatic rings. The SMILES string of the molecule is C#CCn1c(C(C)(C)C)nc(-c2ccc(Br)c(Cl)c2)c1N. The summed E-state index contributed by atoms with van der Waals surface area (Å²) in [7, 11) is 0. The van der Waals surface area contributed by atoms with Crippen molar-refractivity contribution in [2.24, 2.45) is 0 Å². The van der Waals surface area contributed by atoms with Gasteiger partial charge in [-0.15, -0.1) is 6.42 Å². The summed E-state index contributed by atoms with van der Waals surface area (Å²) in [4.78, 5) is 4.71. The van der Waals surface area contributed by atoms with Gasteiger partial charge in [0.15, 0.2) is 0 Å². The van der Waals surface area contributed by atoms with Crippen molar-refractivity contribution in [3.8, 4) is 23.6 Å². The molecule has 0 saturated carbocycles. The molecule has 3 nitrogen and oxygen atoms in total. The molecule has 0 fully saturated rings. The summed E-state index contributed by atoms with van der Waals surface area (Å²) in [6.45, 7) is 6.65. The van der Waals surface area contributed by atoms with Crippen LogP contribution in [-0.4, -0.2) is 9.55 Å². The maximum atomic E-state index is 6.26. The molecule has 0 aliphatic carbocycles. The number of benzene rings is 1. The summed E-state index contributed by atoms with van der Waals surface area (Å²) in [5, 5.41) is 0.621. The molecule has 1 aromatic heterocycles. The number of anilines is 1. The zero-order valence-electron chi connectivity index (χ0n) is 12.2. The largest absolute Gasteiger partial charge is 0.383 e. The van der Waals surface area contributed by atoms with Crippen molar-refractivity contribution >= 4 is 33.3 Å². The van der Waals surface area contributed by atoms with E-state index in [1.165, 1.54) is 0 Å². The van der Waals surface area contributed by atoms with Crippen molar-refractivity contribution in [3.05, 3.63) is 33.5 Å². The smallest absolute Gasteiger partial charge is 0.132 e. The monoisotopic (exact) mass is 365 g/mol. The predicted octanol–water partition coefficient (Wildman–Crippen LogP) is 4.48. The van der Waals surface area contributed by atoms with E-state index in [0.29, 0.717) is 23.1 Å². The highest BCUT2D eigenvalue weighted by Crippen LogP contribution is 2.34. The van der Waals surface area contributed by atoms with Crippen LogP contribution in [0.2, 0.25) is 5.02 Å². The van der Waals surface area contributed by atoms with E-state index in [4.69, 9.17) is 28.7 Å². The quantitative estimate of drug-likeness (QED) is 0.796. The Morgan fingerprint density at radius 3 is 2.62 bits per heavy atom. The number of aromatic nitrogens is 2. The van der Waals surface area contributed by atoms with E-state index < -0.39 is 0 Å². The topological polar surface area (TPSA) is 43.8 Å². The molecule has 110 valence electrons. The van der Waals surface area contributed by atoms with Gasteiger partial charge in [0.1, 0.15) is 17.3 Å². The number of imidazole rings is 1. The van der Waals surface area contributed by atoms with E-state index in [0.717, 1.165) is 15.9 Å². The van der Waals surface area contributed by atoms with Gasteiger partial charge < -0.3 is 10.3 Å². The Morgan fingerprint density at radius 1 is 1.43 bits per heavy atom. The highest BCUT2D eigenvalue weighted by atomic mass is 79.9. The van der Waals surface area contributed by atoms with Crippen LogP contribution in [0.5, 0.6) is 0 Å². The van der Waals surface area contributed by atoms with Crippen molar-refractivity contribution in [2.75, 3.05) is 5.73 Å². The van der Waals surface area contributed by atoms with Gasteiger partial charge in [-0.2, -0.15) is 0 Å². The summed E-state index contributed by atoms with van der Waals surface area (Å²) < 4.78 is 2.72. The summed E-state index contributed by atoms with van der Waals surface area (Å²) >= 11 is 9.54. The van der Waals surface area contributed by atoms with Gasteiger partial charge in [0, 0.05) is 15.5 Å². The van der Waals surface area contributed by atoms with Crippen LogP contribution in [0.1, 0.15) is 26.6 Å². The van der Waals surface area contributed by atoms with Gasteiger partial charge in [0.05, 0.1) is 11.6 Å². The summed E-state index contributed by atoms with van der Waals surface area (Å²) in [5.41, 5.74) is 7.70. The molecular formula is C16H17BrClN3. The van der Waals surface area contributed by atoms with Gasteiger partial charge >= 0.3 is 0 Å².